The topological polar surface area (TPSA) is 57.5 Å². The third-order valence-electron chi connectivity index (χ3n) is 5.17. The van der Waals surface area contributed by atoms with Crippen molar-refractivity contribution >= 4 is 41.5 Å². The summed E-state index contributed by atoms with van der Waals surface area (Å²) >= 11 is 5.95. The SMILES string of the molecule is CCCCN1CCC(NC(=NC)NCc2cnn(-c3ccc(Cl)cc3)c2)CC1.I. The second-order valence-electron chi connectivity index (χ2n) is 7.31. The molecule has 0 amide bonds. The maximum Gasteiger partial charge on any atom is 0.191 e. The van der Waals surface area contributed by atoms with E-state index in [1.54, 1.807) is 0 Å². The zero-order valence-corrected chi connectivity index (χ0v) is 20.4. The number of aromatic nitrogens is 2. The molecule has 0 atom stereocenters. The minimum Gasteiger partial charge on any atom is -0.354 e. The number of benzene rings is 1. The lowest BCUT2D eigenvalue weighted by Crippen LogP contribution is -2.48. The van der Waals surface area contributed by atoms with E-state index in [2.05, 4.69) is 32.5 Å². The molecule has 2 N–H and O–H groups in total. The maximum atomic E-state index is 5.95. The van der Waals surface area contributed by atoms with Gasteiger partial charge < -0.3 is 15.5 Å². The van der Waals surface area contributed by atoms with E-state index in [0.29, 0.717) is 12.6 Å². The van der Waals surface area contributed by atoms with Gasteiger partial charge in [-0.05, 0) is 50.1 Å². The average molecular weight is 531 g/mol. The Labute approximate surface area is 196 Å². The lowest BCUT2D eigenvalue weighted by atomic mass is 10.0. The van der Waals surface area contributed by atoms with Crippen LogP contribution in [0.4, 0.5) is 0 Å². The zero-order valence-electron chi connectivity index (χ0n) is 17.3. The van der Waals surface area contributed by atoms with Crippen LogP contribution < -0.4 is 10.6 Å². The molecule has 1 aliphatic rings. The molecule has 0 saturated carbocycles. The quantitative estimate of drug-likeness (QED) is 0.322. The lowest BCUT2D eigenvalue weighted by Gasteiger charge is -2.33. The summed E-state index contributed by atoms with van der Waals surface area (Å²) in [5.74, 6) is 0.853. The molecule has 1 fully saturated rings. The van der Waals surface area contributed by atoms with Gasteiger partial charge in [0.2, 0.25) is 0 Å². The number of nitrogens with one attached hydrogen (secondary N) is 2. The summed E-state index contributed by atoms with van der Waals surface area (Å²) in [7, 11) is 1.82. The van der Waals surface area contributed by atoms with Crippen molar-refractivity contribution in [3.63, 3.8) is 0 Å². The Morgan fingerprint density at radius 2 is 1.97 bits per heavy atom. The number of likely N-dealkylation sites (tertiary alicyclic amines) is 1. The van der Waals surface area contributed by atoms with E-state index in [-0.39, 0.29) is 24.0 Å². The standard InChI is InChI=1S/C21H31ClN6.HI/c1-3-4-11-27-12-9-19(10-13-27)26-21(23-2)24-14-17-15-25-28(16-17)20-7-5-18(22)6-8-20;/h5-8,15-16,19H,3-4,9-14H2,1-2H3,(H2,23,24,26);1H. The summed E-state index contributed by atoms with van der Waals surface area (Å²) in [6.07, 6.45) is 8.79. The van der Waals surface area contributed by atoms with Gasteiger partial charge in [0.05, 0.1) is 11.9 Å². The molecule has 0 spiro atoms. The van der Waals surface area contributed by atoms with Crippen LogP contribution in [0.5, 0.6) is 0 Å². The molecule has 1 aliphatic heterocycles. The molecule has 0 radical (unpaired) electrons. The summed E-state index contributed by atoms with van der Waals surface area (Å²) in [5, 5.41) is 12.1. The lowest BCUT2D eigenvalue weighted by molar-refractivity contribution is 0.203. The number of guanidine groups is 1. The molecule has 1 aromatic heterocycles. The van der Waals surface area contributed by atoms with Crippen molar-refractivity contribution in [2.75, 3.05) is 26.7 Å². The van der Waals surface area contributed by atoms with Crippen molar-refractivity contribution in [1.82, 2.24) is 25.3 Å². The van der Waals surface area contributed by atoms with Crippen LogP contribution in [0.2, 0.25) is 5.02 Å². The minimum atomic E-state index is 0. The molecule has 0 aliphatic carbocycles. The van der Waals surface area contributed by atoms with E-state index in [1.165, 1.54) is 45.3 Å². The number of rotatable bonds is 7. The van der Waals surface area contributed by atoms with Crippen molar-refractivity contribution in [3.05, 3.63) is 47.2 Å². The highest BCUT2D eigenvalue weighted by molar-refractivity contribution is 14.0. The highest BCUT2D eigenvalue weighted by atomic mass is 127. The van der Waals surface area contributed by atoms with E-state index in [9.17, 15) is 0 Å². The second-order valence-corrected chi connectivity index (χ2v) is 7.75. The second kappa shape index (κ2) is 12.4. The summed E-state index contributed by atoms with van der Waals surface area (Å²) < 4.78 is 1.86. The Bertz CT molecular complexity index is 753. The summed E-state index contributed by atoms with van der Waals surface area (Å²) in [5.41, 5.74) is 2.10. The van der Waals surface area contributed by atoms with Crippen LogP contribution in [0.15, 0.2) is 41.7 Å². The van der Waals surface area contributed by atoms with E-state index < -0.39 is 0 Å². The molecule has 2 aromatic rings. The van der Waals surface area contributed by atoms with Gasteiger partial charge in [-0.15, -0.1) is 24.0 Å². The van der Waals surface area contributed by atoms with Crippen molar-refractivity contribution in [2.45, 2.75) is 45.2 Å². The molecule has 1 saturated heterocycles. The van der Waals surface area contributed by atoms with Gasteiger partial charge in [0.15, 0.2) is 5.96 Å². The molecule has 29 heavy (non-hydrogen) atoms. The summed E-state index contributed by atoms with van der Waals surface area (Å²) in [4.78, 5) is 6.95. The van der Waals surface area contributed by atoms with Gasteiger partial charge in [-0.3, -0.25) is 4.99 Å². The first-order valence-corrected chi connectivity index (χ1v) is 10.5. The number of hydrogen-bond acceptors (Lipinski definition) is 3. The molecular formula is C21H32ClIN6. The fourth-order valence-electron chi connectivity index (χ4n) is 3.44. The van der Waals surface area contributed by atoms with Crippen LogP contribution in [0.25, 0.3) is 5.69 Å². The number of unbranched alkanes of at least 4 members (excludes halogenated alkanes) is 1. The number of hydrogen-bond donors (Lipinski definition) is 2. The predicted octanol–water partition coefficient (Wildman–Crippen LogP) is 4.07. The summed E-state index contributed by atoms with van der Waals surface area (Å²) in [6, 6.07) is 8.15. The predicted molar refractivity (Wildman–Crippen MR) is 132 cm³/mol. The van der Waals surface area contributed by atoms with Gasteiger partial charge in [0.25, 0.3) is 0 Å². The Balaban J connectivity index is 0.00000300. The van der Waals surface area contributed by atoms with Gasteiger partial charge >= 0.3 is 0 Å². The van der Waals surface area contributed by atoms with Gasteiger partial charge in [-0.2, -0.15) is 5.10 Å². The molecule has 160 valence electrons. The molecule has 0 bridgehead atoms. The third-order valence-corrected chi connectivity index (χ3v) is 5.42. The van der Waals surface area contributed by atoms with E-state index in [4.69, 9.17) is 11.6 Å². The Kier molecular flexibility index (Phi) is 10.2. The van der Waals surface area contributed by atoms with Crippen LogP contribution in [0.1, 0.15) is 38.2 Å². The van der Waals surface area contributed by atoms with Crippen LogP contribution >= 0.6 is 35.6 Å². The first kappa shape index (κ1) is 24.0. The monoisotopic (exact) mass is 530 g/mol. The Hall–Kier alpha value is -1.32. The first-order valence-electron chi connectivity index (χ1n) is 10.2. The van der Waals surface area contributed by atoms with E-state index >= 15 is 0 Å². The van der Waals surface area contributed by atoms with Crippen LogP contribution in [-0.4, -0.2) is 53.4 Å². The number of nitrogens with zero attached hydrogens (tertiary/aromatic N) is 4. The molecule has 6 nitrogen and oxygen atoms in total. The zero-order chi connectivity index (χ0) is 19.8. The van der Waals surface area contributed by atoms with Gasteiger partial charge in [0, 0.05) is 49.5 Å². The molecule has 2 heterocycles. The van der Waals surface area contributed by atoms with E-state index in [0.717, 1.165) is 22.2 Å². The molecular weight excluding hydrogens is 499 g/mol. The smallest absolute Gasteiger partial charge is 0.191 e. The normalized spacial score (nSPS) is 15.8. The first-order chi connectivity index (χ1) is 13.7. The molecule has 1 aromatic carbocycles. The van der Waals surface area contributed by atoms with Crippen molar-refractivity contribution in [1.29, 1.82) is 0 Å². The van der Waals surface area contributed by atoms with Crippen LogP contribution in [0, 0.1) is 0 Å². The van der Waals surface area contributed by atoms with Crippen molar-refractivity contribution in [2.24, 2.45) is 4.99 Å². The molecule has 8 heteroatoms. The van der Waals surface area contributed by atoms with Gasteiger partial charge in [-0.1, -0.05) is 24.9 Å². The largest absolute Gasteiger partial charge is 0.354 e. The van der Waals surface area contributed by atoms with Crippen molar-refractivity contribution in [3.8, 4) is 5.69 Å². The minimum absolute atomic E-state index is 0. The molecule has 3 rings (SSSR count). The van der Waals surface area contributed by atoms with Crippen molar-refractivity contribution < 1.29 is 0 Å². The highest BCUT2D eigenvalue weighted by Gasteiger charge is 2.19. The highest BCUT2D eigenvalue weighted by Crippen LogP contribution is 2.14. The maximum absolute atomic E-state index is 5.95. The molecule has 0 unspecified atom stereocenters. The van der Waals surface area contributed by atoms with E-state index in [1.807, 2.05) is 48.4 Å². The van der Waals surface area contributed by atoms with Crippen LogP contribution in [0.3, 0.4) is 0 Å². The Morgan fingerprint density at radius 1 is 1.24 bits per heavy atom. The fraction of sp³-hybridized carbons (Fsp3) is 0.524. The Morgan fingerprint density at radius 3 is 2.62 bits per heavy atom. The summed E-state index contributed by atoms with van der Waals surface area (Å²) in [6.45, 7) is 6.50. The number of piperidine rings is 1. The van der Waals surface area contributed by atoms with Crippen LogP contribution in [-0.2, 0) is 6.54 Å². The van der Waals surface area contributed by atoms with Gasteiger partial charge in [0.1, 0.15) is 0 Å². The fourth-order valence-corrected chi connectivity index (χ4v) is 3.57. The number of aliphatic imine (C=N–C) groups is 1. The van der Waals surface area contributed by atoms with Gasteiger partial charge in [-0.25, -0.2) is 4.68 Å². The third kappa shape index (κ3) is 7.46. The number of halogens is 2. The average Bonchev–Trinajstić information content (AvgIpc) is 3.20.